The molecule has 1 N–H and O–H groups in total. The van der Waals surface area contributed by atoms with Crippen LogP contribution in [0.15, 0.2) is 46.9 Å². The fourth-order valence-electron chi connectivity index (χ4n) is 3.20. The first-order chi connectivity index (χ1) is 14.2. The van der Waals surface area contributed by atoms with Crippen molar-refractivity contribution in [3.8, 4) is 0 Å². The lowest BCUT2D eigenvalue weighted by atomic mass is 10.1. The minimum absolute atomic E-state index is 0.0904. The molecule has 0 radical (unpaired) electrons. The number of likely N-dealkylation sites (tertiary alicyclic amines) is 1. The molecule has 1 aliphatic heterocycles. The van der Waals surface area contributed by atoms with Crippen molar-refractivity contribution in [1.29, 1.82) is 0 Å². The van der Waals surface area contributed by atoms with Gasteiger partial charge in [-0.15, -0.1) is 0 Å². The van der Waals surface area contributed by atoms with Crippen LogP contribution in [0.25, 0.3) is 0 Å². The van der Waals surface area contributed by atoms with E-state index in [2.05, 4.69) is 21.2 Å². The molecule has 0 aromatic heterocycles. The highest BCUT2D eigenvalue weighted by Gasteiger charge is 2.28. The first-order valence-electron chi connectivity index (χ1n) is 9.48. The molecule has 0 atom stereocenters. The van der Waals surface area contributed by atoms with Gasteiger partial charge in [0.05, 0.1) is 13.1 Å². The number of imide groups is 1. The average Bonchev–Trinajstić information content (AvgIpc) is 3.02. The monoisotopic (exact) mass is 471 g/mol. The number of halogens is 1. The Morgan fingerprint density at radius 2 is 1.70 bits per heavy atom. The van der Waals surface area contributed by atoms with Gasteiger partial charge in [-0.05, 0) is 48.4 Å². The lowest BCUT2D eigenvalue weighted by Crippen LogP contribution is -2.35. The third-order valence-electron chi connectivity index (χ3n) is 4.89. The van der Waals surface area contributed by atoms with Gasteiger partial charge in [-0.1, -0.05) is 28.1 Å². The van der Waals surface area contributed by atoms with E-state index in [1.165, 1.54) is 9.80 Å². The number of carbonyl (C=O) groups is 4. The van der Waals surface area contributed by atoms with Crippen LogP contribution in [0, 0.1) is 6.92 Å². The summed E-state index contributed by atoms with van der Waals surface area (Å²) in [7, 11) is 1.56. The summed E-state index contributed by atoms with van der Waals surface area (Å²) in [5.74, 6) is -0.935. The topological polar surface area (TPSA) is 86.8 Å². The van der Waals surface area contributed by atoms with E-state index < -0.39 is 0 Å². The molecule has 1 fully saturated rings. The number of carbonyl (C=O) groups excluding carboxylic acids is 4. The summed E-state index contributed by atoms with van der Waals surface area (Å²) in [4.78, 5) is 51.0. The van der Waals surface area contributed by atoms with E-state index in [-0.39, 0.29) is 49.6 Å². The second kappa shape index (κ2) is 9.21. The molecule has 30 heavy (non-hydrogen) atoms. The fourth-order valence-corrected chi connectivity index (χ4v) is 3.67. The zero-order valence-electron chi connectivity index (χ0n) is 16.8. The van der Waals surface area contributed by atoms with Gasteiger partial charge in [0.1, 0.15) is 0 Å². The Morgan fingerprint density at radius 1 is 1.07 bits per heavy atom. The quantitative estimate of drug-likeness (QED) is 0.655. The average molecular weight is 472 g/mol. The van der Waals surface area contributed by atoms with Gasteiger partial charge < -0.3 is 10.2 Å². The molecule has 4 amide bonds. The summed E-state index contributed by atoms with van der Waals surface area (Å²) in [5, 5.41) is 2.81. The first-order valence-corrected chi connectivity index (χ1v) is 10.3. The lowest BCUT2D eigenvalue weighted by Gasteiger charge is -2.18. The number of hydrogen-bond donors (Lipinski definition) is 1. The Kier molecular flexibility index (Phi) is 6.66. The van der Waals surface area contributed by atoms with Crippen LogP contribution in [0.1, 0.15) is 34.3 Å². The van der Waals surface area contributed by atoms with E-state index in [1.807, 2.05) is 19.1 Å². The molecular weight excluding hydrogens is 450 g/mol. The van der Waals surface area contributed by atoms with Crippen molar-refractivity contribution in [2.75, 3.05) is 18.9 Å². The minimum Gasteiger partial charge on any atom is -0.332 e. The van der Waals surface area contributed by atoms with Crippen LogP contribution in [0.3, 0.4) is 0 Å². The maximum absolute atomic E-state index is 12.6. The van der Waals surface area contributed by atoms with Gasteiger partial charge in [0.2, 0.25) is 17.7 Å². The van der Waals surface area contributed by atoms with E-state index in [0.29, 0.717) is 11.3 Å². The van der Waals surface area contributed by atoms with Crippen LogP contribution in [0.2, 0.25) is 0 Å². The molecule has 0 bridgehead atoms. The molecule has 156 valence electrons. The molecule has 7 nitrogen and oxygen atoms in total. The molecule has 0 aliphatic carbocycles. The largest absolute Gasteiger partial charge is 0.332 e. The van der Waals surface area contributed by atoms with Crippen molar-refractivity contribution in [3.63, 3.8) is 0 Å². The number of likely N-dealkylation sites (N-methyl/N-ethyl adjacent to an activating group) is 1. The van der Waals surface area contributed by atoms with E-state index in [9.17, 15) is 19.2 Å². The number of amides is 4. The Labute approximate surface area is 183 Å². The number of anilines is 1. The Bertz CT molecular complexity index is 988. The normalized spacial score (nSPS) is 13.5. The van der Waals surface area contributed by atoms with E-state index in [1.54, 1.807) is 37.4 Å². The molecule has 8 heteroatoms. The fraction of sp³-hybridized carbons (Fsp3) is 0.273. The number of hydrogen-bond acceptors (Lipinski definition) is 4. The second-order valence-corrected chi connectivity index (χ2v) is 8.15. The van der Waals surface area contributed by atoms with Gasteiger partial charge in [0.25, 0.3) is 5.91 Å². The summed E-state index contributed by atoms with van der Waals surface area (Å²) in [6.07, 6.45) is 0.504. The van der Waals surface area contributed by atoms with E-state index in [0.717, 1.165) is 15.6 Å². The van der Waals surface area contributed by atoms with E-state index in [4.69, 9.17) is 0 Å². The van der Waals surface area contributed by atoms with Crippen LogP contribution >= 0.6 is 15.9 Å². The molecule has 0 unspecified atom stereocenters. The molecule has 2 aromatic rings. The molecule has 0 spiro atoms. The van der Waals surface area contributed by atoms with Crippen LogP contribution < -0.4 is 5.32 Å². The summed E-state index contributed by atoms with van der Waals surface area (Å²) < 4.78 is 0.923. The highest BCUT2D eigenvalue weighted by atomic mass is 79.9. The van der Waals surface area contributed by atoms with Gasteiger partial charge in [0.15, 0.2) is 0 Å². The van der Waals surface area contributed by atoms with Crippen molar-refractivity contribution in [2.45, 2.75) is 26.3 Å². The summed E-state index contributed by atoms with van der Waals surface area (Å²) in [6, 6.07) is 12.2. The van der Waals surface area contributed by atoms with E-state index >= 15 is 0 Å². The highest BCUT2D eigenvalue weighted by molar-refractivity contribution is 9.10. The maximum atomic E-state index is 12.6. The Morgan fingerprint density at radius 3 is 2.30 bits per heavy atom. The van der Waals surface area contributed by atoms with Gasteiger partial charge in [-0.2, -0.15) is 0 Å². The molecule has 0 saturated carbocycles. The van der Waals surface area contributed by atoms with Gasteiger partial charge in [-0.3, -0.25) is 24.1 Å². The van der Waals surface area contributed by atoms with Gasteiger partial charge in [-0.25, -0.2) is 0 Å². The lowest BCUT2D eigenvalue weighted by molar-refractivity contribution is -0.139. The minimum atomic E-state index is -0.294. The standard InChI is InChI=1S/C22H22BrN3O4/c1-14-11-17(23)7-8-18(14)24-19(27)13-25(2)22(30)16-5-3-15(4-6-16)12-26-20(28)9-10-21(26)29/h3-8,11H,9-10,12-13H2,1-2H3,(H,24,27). The van der Waals surface area contributed by atoms with Crippen molar-refractivity contribution < 1.29 is 19.2 Å². The van der Waals surface area contributed by atoms with Crippen LogP contribution in [0.5, 0.6) is 0 Å². The zero-order chi connectivity index (χ0) is 21.8. The molecule has 2 aromatic carbocycles. The molecule has 1 saturated heterocycles. The number of aryl methyl sites for hydroxylation is 1. The number of nitrogens with one attached hydrogen (secondary N) is 1. The number of benzene rings is 2. The molecule has 1 heterocycles. The highest BCUT2D eigenvalue weighted by Crippen LogP contribution is 2.20. The first kappa shape index (κ1) is 21.7. The van der Waals surface area contributed by atoms with Gasteiger partial charge >= 0.3 is 0 Å². The molecular formula is C22H22BrN3O4. The SMILES string of the molecule is Cc1cc(Br)ccc1NC(=O)CN(C)C(=O)c1ccc(CN2C(=O)CCC2=O)cc1. The third-order valence-corrected chi connectivity index (χ3v) is 5.38. The summed E-state index contributed by atoms with van der Waals surface area (Å²) in [6.45, 7) is 2.00. The Hall–Kier alpha value is -3.00. The summed E-state index contributed by atoms with van der Waals surface area (Å²) in [5.41, 5.74) is 2.80. The molecule has 3 rings (SSSR count). The van der Waals surface area contributed by atoms with Crippen LogP contribution in [-0.4, -0.2) is 47.0 Å². The van der Waals surface area contributed by atoms with Gasteiger partial charge in [0, 0.05) is 35.6 Å². The third kappa shape index (κ3) is 5.13. The number of nitrogens with zero attached hydrogens (tertiary/aromatic N) is 2. The van der Waals surface area contributed by atoms with Crippen molar-refractivity contribution in [3.05, 3.63) is 63.6 Å². The smallest absolute Gasteiger partial charge is 0.254 e. The molecule has 1 aliphatic rings. The van der Waals surface area contributed by atoms with Crippen LogP contribution in [0.4, 0.5) is 5.69 Å². The predicted molar refractivity (Wildman–Crippen MR) is 116 cm³/mol. The second-order valence-electron chi connectivity index (χ2n) is 7.24. The number of rotatable bonds is 6. The zero-order valence-corrected chi connectivity index (χ0v) is 18.4. The van der Waals surface area contributed by atoms with Crippen molar-refractivity contribution in [1.82, 2.24) is 9.80 Å². The van der Waals surface area contributed by atoms with Crippen LogP contribution in [-0.2, 0) is 20.9 Å². The van der Waals surface area contributed by atoms with Crippen molar-refractivity contribution >= 4 is 45.2 Å². The Balaban J connectivity index is 1.58. The summed E-state index contributed by atoms with van der Waals surface area (Å²) >= 11 is 3.38. The van der Waals surface area contributed by atoms with Crippen molar-refractivity contribution in [2.24, 2.45) is 0 Å². The predicted octanol–water partition coefficient (Wildman–Crippen LogP) is 3.12. The maximum Gasteiger partial charge on any atom is 0.254 e.